The van der Waals surface area contributed by atoms with Crippen LogP contribution in [0.3, 0.4) is 0 Å². The van der Waals surface area contributed by atoms with Crippen LogP contribution in [0.2, 0.25) is 0 Å². The summed E-state index contributed by atoms with van der Waals surface area (Å²) < 4.78 is 0. The van der Waals surface area contributed by atoms with Crippen molar-refractivity contribution in [2.45, 2.75) is 170 Å². The highest BCUT2D eigenvalue weighted by Crippen LogP contribution is 2.58. The molecule has 6 heteroatoms. The molecule has 2 aliphatic heterocycles. The maximum Gasteiger partial charge on any atom is 0.130 e. The van der Waals surface area contributed by atoms with E-state index in [1.165, 1.54) is 67.3 Å². The fraction of sp³-hybridized carbons (Fsp3) is 0.481. The molecular formula is C54H76N4P2. The van der Waals surface area contributed by atoms with Crippen LogP contribution in [0.5, 0.6) is 0 Å². The number of hydrogen-bond acceptors (Lipinski definition) is 4. The standard InChI is InChI=1S/C54H76N4P2/c1-33(2)41-21-17-22-42(34(3)4)49(41)55-29-30-56(50-43(35(5)6)23-18-24-44(50)36(7)8)53(55)59-60-54-57(51-45(37(9)10)25-19-26-46(51)38(11)12)31-32-58(54)52-47(39(13)14)27-20-28-48(52)40(15)16/h17-40,53-54,59-60H,1-16H3. The summed E-state index contributed by atoms with van der Waals surface area (Å²) in [5.74, 6) is 3.44. The first-order chi connectivity index (χ1) is 28.5. The maximum atomic E-state index is 2.69. The smallest absolute Gasteiger partial charge is 0.130 e. The van der Waals surface area contributed by atoms with Crippen molar-refractivity contribution in [1.29, 1.82) is 0 Å². The van der Waals surface area contributed by atoms with E-state index in [-0.39, 0.29) is 11.8 Å². The Balaban J connectivity index is 1.59. The molecule has 6 rings (SSSR count). The van der Waals surface area contributed by atoms with Crippen molar-refractivity contribution in [2.75, 3.05) is 19.6 Å². The van der Waals surface area contributed by atoms with Gasteiger partial charge in [-0.2, -0.15) is 0 Å². The van der Waals surface area contributed by atoms with E-state index in [4.69, 9.17) is 0 Å². The van der Waals surface area contributed by atoms with E-state index in [9.17, 15) is 0 Å². The van der Waals surface area contributed by atoms with Gasteiger partial charge in [0.25, 0.3) is 0 Å². The molecule has 4 aromatic rings. The van der Waals surface area contributed by atoms with Gasteiger partial charge in [-0.1, -0.05) is 184 Å². The number of nitrogens with zero attached hydrogens (tertiary/aromatic N) is 4. The average molecular weight is 843 g/mol. The Labute approximate surface area is 369 Å². The second kappa shape index (κ2) is 19.2. The largest absolute Gasteiger partial charge is 0.321 e. The van der Waals surface area contributed by atoms with Gasteiger partial charge in [0.2, 0.25) is 0 Å². The van der Waals surface area contributed by atoms with E-state index in [1.807, 2.05) is 0 Å². The molecule has 0 aliphatic carbocycles. The molecule has 0 saturated heterocycles. The Hall–Kier alpha value is -3.58. The monoisotopic (exact) mass is 843 g/mol. The molecule has 2 unspecified atom stereocenters. The highest BCUT2D eigenvalue weighted by atomic mass is 32.0. The van der Waals surface area contributed by atoms with Gasteiger partial charge in [-0.25, -0.2) is 0 Å². The maximum absolute atomic E-state index is 2.69. The molecule has 4 nitrogen and oxygen atoms in total. The quantitative estimate of drug-likeness (QED) is 0.111. The van der Waals surface area contributed by atoms with E-state index in [0.29, 0.717) is 63.9 Å². The number of anilines is 4. The van der Waals surface area contributed by atoms with Crippen LogP contribution in [0.1, 0.15) is 203 Å². The third-order valence-corrected chi connectivity index (χ3v) is 16.4. The fourth-order valence-corrected chi connectivity index (χ4v) is 13.6. The molecule has 60 heavy (non-hydrogen) atoms. The second-order valence-electron chi connectivity index (χ2n) is 19.6. The molecule has 0 aromatic heterocycles. The van der Waals surface area contributed by atoms with Crippen molar-refractivity contribution in [3.63, 3.8) is 0 Å². The van der Waals surface area contributed by atoms with Gasteiger partial charge in [0, 0.05) is 47.5 Å². The number of para-hydroxylation sites is 4. The third kappa shape index (κ3) is 8.99. The summed E-state index contributed by atoms with van der Waals surface area (Å²) in [6, 6.07) is 28.2. The molecule has 0 amide bonds. The van der Waals surface area contributed by atoms with Crippen LogP contribution >= 0.6 is 16.5 Å². The van der Waals surface area contributed by atoms with Crippen LogP contribution in [0.4, 0.5) is 22.7 Å². The third-order valence-electron chi connectivity index (χ3n) is 12.6. The van der Waals surface area contributed by atoms with Crippen LogP contribution in [0.25, 0.3) is 0 Å². The van der Waals surface area contributed by atoms with Gasteiger partial charge in [0.05, 0.1) is 0 Å². The SMILES string of the molecule is CC(C)c1cccc(C(C)C)c1N1C=CN(c2c(C(C)C)cccc2C(C)C)C1PPC1N(c2c(C(C)C)cccc2C(C)C)C=CN1c1c(C(C)C)cccc1C(C)C. The van der Waals surface area contributed by atoms with E-state index >= 15 is 0 Å². The summed E-state index contributed by atoms with van der Waals surface area (Å²) >= 11 is 0. The summed E-state index contributed by atoms with van der Waals surface area (Å²) in [6.07, 6.45) is 9.70. The summed E-state index contributed by atoms with van der Waals surface area (Å²) in [7, 11) is 1.22. The highest BCUT2D eigenvalue weighted by Gasteiger charge is 2.39. The Morgan fingerprint density at radius 2 is 0.433 bits per heavy atom. The Morgan fingerprint density at radius 1 is 0.283 bits per heavy atom. The van der Waals surface area contributed by atoms with Gasteiger partial charge < -0.3 is 19.6 Å². The minimum absolute atomic E-state index is 0.122. The van der Waals surface area contributed by atoms with Gasteiger partial charge in [-0.3, -0.25) is 0 Å². The Kier molecular flexibility index (Phi) is 14.7. The van der Waals surface area contributed by atoms with Crippen LogP contribution in [0, 0.1) is 0 Å². The van der Waals surface area contributed by atoms with Crippen LogP contribution in [-0.4, -0.2) is 11.8 Å². The Morgan fingerprint density at radius 3 is 0.567 bits per heavy atom. The van der Waals surface area contributed by atoms with Crippen molar-refractivity contribution in [1.82, 2.24) is 0 Å². The minimum atomic E-state index is 0.122. The van der Waals surface area contributed by atoms with Gasteiger partial charge in [0.15, 0.2) is 0 Å². The molecule has 2 aliphatic rings. The van der Waals surface area contributed by atoms with Crippen molar-refractivity contribution in [2.24, 2.45) is 0 Å². The topological polar surface area (TPSA) is 13.0 Å². The predicted octanol–water partition coefficient (Wildman–Crippen LogP) is 16.8. The molecule has 2 atom stereocenters. The number of hydrogen-bond donors (Lipinski definition) is 0. The van der Waals surface area contributed by atoms with Crippen LogP contribution in [-0.2, 0) is 0 Å². The molecule has 0 bridgehead atoms. The van der Waals surface area contributed by atoms with Crippen molar-refractivity contribution < 1.29 is 0 Å². The van der Waals surface area contributed by atoms with E-state index in [2.05, 4.69) is 228 Å². The van der Waals surface area contributed by atoms with Crippen molar-refractivity contribution in [3.05, 3.63) is 142 Å². The van der Waals surface area contributed by atoms with Crippen molar-refractivity contribution >= 4 is 39.3 Å². The molecular weight excluding hydrogens is 767 g/mol. The lowest BCUT2D eigenvalue weighted by molar-refractivity contribution is 0.785. The predicted molar refractivity (Wildman–Crippen MR) is 271 cm³/mol. The average Bonchev–Trinajstić information content (AvgIpc) is 3.82. The molecule has 0 N–H and O–H groups in total. The minimum Gasteiger partial charge on any atom is -0.321 e. The first-order valence-corrected chi connectivity index (χ1v) is 26.1. The van der Waals surface area contributed by atoms with Gasteiger partial charge in [-0.05, 0) is 108 Å². The van der Waals surface area contributed by atoms with E-state index in [1.54, 1.807) is 0 Å². The van der Waals surface area contributed by atoms with E-state index < -0.39 is 0 Å². The lowest BCUT2D eigenvalue weighted by Gasteiger charge is -2.41. The first-order valence-electron chi connectivity index (χ1n) is 23.0. The molecule has 0 fully saturated rings. The molecule has 322 valence electrons. The van der Waals surface area contributed by atoms with Crippen LogP contribution in [0.15, 0.2) is 97.6 Å². The molecule has 0 saturated carbocycles. The summed E-state index contributed by atoms with van der Waals surface area (Å²) in [6.45, 7) is 37.8. The molecule has 0 radical (unpaired) electrons. The normalized spacial score (nSPS) is 15.7. The van der Waals surface area contributed by atoms with E-state index in [0.717, 1.165) is 0 Å². The second-order valence-corrected chi connectivity index (χ2v) is 23.0. The van der Waals surface area contributed by atoms with Crippen molar-refractivity contribution in [3.8, 4) is 0 Å². The lowest BCUT2D eigenvalue weighted by atomic mass is 9.91. The first kappa shape index (κ1) is 45.9. The van der Waals surface area contributed by atoms with Gasteiger partial charge in [-0.15, -0.1) is 0 Å². The highest BCUT2D eigenvalue weighted by molar-refractivity contribution is 8.12. The van der Waals surface area contributed by atoms with Crippen LogP contribution < -0.4 is 19.6 Å². The Bertz CT molecular complexity index is 1750. The molecule has 0 spiro atoms. The van der Waals surface area contributed by atoms with Gasteiger partial charge in [0.1, 0.15) is 11.8 Å². The summed E-state index contributed by atoms with van der Waals surface area (Å²) in [5.41, 5.74) is 17.0. The lowest BCUT2D eigenvalue weighted by Crippen LogP contribution is -2.39. The molecule has 4 aromatic carbocycles. The summed E-state index contributed by atoms with van der Waals surface area (Å²) in [5, 5.41) is 0. The van der Waals surface area contributed by atoms with Gasteiger partial charge >= 0.3 is 0 Å². The fourth-order valence-electron chi connectivity index (χ4n) is 9.34. The zero-order valence-electron chi connectivity index (χ0n) is 39.8. The number of benzene rings is 4. The molecule has 2 heterocycles. The number of rotatable bonds is 15. The zero-order valence-corrected chi connectivity index (χ0v) is 41.8. The summed E-state index contributed by atoms with van der Waals surface area (Å²) in [4.78, 5) is 10.8. The zero-order chi connectivity index (χ0) is 43.7.